The number of nitrogens with one attached hydrogen (secondary N) is 1. The van der Waals surface area contributed by atoms with Gasteiger partial charge in [-0.05, 0) is 74.5 Å². The molecule has 1 N–H and O–H groups in total. The van der Waals surface area contributed by atoms with Gasteiger partial charge in [-0.25, -0.2) is 4.68 Å². The second-order valence-corrected chi connectivity index (χ2v) is 8.29. The number of benzene rings is 2. The monoisotopic (exact) mass is 431 g/mol. The van der Waals surface area contributed by atoms with Crippen molar-refractivity contribution >= 4 is 38.6 Å². The van der Waals surface area contributed by atoms with Crippen LogP contribution in [0.3, 0.4) is 0 Å². The van der Waals surface area contributed by atoms with Gasteiger partial charge in [0.15, 0.2) is 0 Å². The normalized spacial score (nSPS) is 15.5. The number of thioether (sulfide) groups is 1. The number of rotatable bonds is 5. The van der Waals surface area contributed by atoms with Crippen LogP contribution in [-0.2, 0) is 0 Å². The second-order valence-electron chi connectivity index (χ2n) is 6.58. The Morgan fingerprint density at radius 2 is 1.96 bits per heavy atom. The van der Waals surface area contributed by atoms with Gasteiger partial charge >= 0.3 is 0 Å². The molecule has 0 saturated carbocycles. The maximum absolute atomic E-state index is 6.12. The van der Waals surface area contributed by atoms with Gasteiger partial charge < -0.3 is 10.1 Å². The third-order valence-corrected chi connectivity index (χ3v) is 6.04. The molecule has 0 bridgehead atoms. The van der Waals surface area contributed by atoms with Crippen molar-refractivity contribution in [1.82, 2.24) is 15.1 Å². The van der Waals surface area contributed by atoms with Gasteiger partial charge in [0.25, 0.3) is 0 Å². The number of hydrogen-bond donors (Lipinski definition) is 1. The Kier molecular flexibility index (Phi) is 5.52. The highest BCUT2D eigenvalue weighted by molar-refractivity contribution is 9.10. The van der Waals surface area contributed by atoms with Crippen LogP contribution in [0.2, 0.25) is 0 Å². The lowest BCUT2D eigenvalue weighted by molar-refractivity contribution is 0.215. The molecule has 1 aliphatic rings. The maximum Gasteiger partial charge on any atom is 0.126 e. The van der Waals surface area contributed by atoms with Crippen molar-refractivity contribution in [1.29, 1.82) is 0 Å². The van der Waals surface area contributed by atoms with Crippen LogP contribution < -0.4 is 10.1 Å². The van der Waals surface area contributed by atoms with Crippen LogP contribution in [-0.4, -0.2) is 35.7 Å². The van der Waals surface area contributed by atoms with Crippen LogP contribution >= 0.6 is 27.7 Å². The van der Waals surface area contributed by atoms with Gasteiger partial charge in [-0.3, -0.25) is 0 Å². The predicted octanol–water partition coefficient (Wildman–Crippen LogP) is 4.89. The zero-order chi connectivity index (χ0) is 17.9. The summed E-state index contributed by atoms with van der Waals surface area (Å²) < 4.78 is 9.19. The largest absolute Gasteiger partial charge is 0.493 e. The van der Waals surface area contributed by atoms with Crippen molar-refractivity contribution in [2.24, 2.45) is 5.92 Å². The Hall–Kier alpha value is -1.50. The Labute approximate surface area is 166 Å². The Bertz CT molecular complexity index is 888. The highest BCUT2D eigenvalue weighted by Crippen LogP contribution is 2.31. The molecule has 0 aliphatic carbocycles. The number of aromatic nitrogens is 2. The predicted molar refractivity (Wildman–Crippen MR) is 112 cm³/mol. The van der Waals surface area contributed by atoms with Crippen LogP contribution in [0.5, 0.6) is 5.75 Å². The summed E-state index contributed by atoms with van der Waals surface area (Å²) in [5, 5.41) is 10.4. The molecule has 2 aromatic carbocycles. The Morgan fingerprint density at radius 1 is 1.19 bits per heavy atom. The lowest BCUT2D eigenvalue weighted by Crippen LogP contribution is -2.30. The lowest BCUT2D eigenvalue weighted by atomic mass is 9.99. The van der Waals surface area contributed by atoms with Crippen LogP contribution in [0.4, 0.5) is 0 Å². The molecule has 6 heteroatoms. The van der Waals surface area contributed by atoms with E-state index >= 15 is 0 Å². The molecule has 1 fully saturated rings. The smallest absolute Gasteiger partial charge is 0.126 e. The Morgan fingerprint density at radius 3 is 2.69 bits per heavy atom. The number of fused-ring (bicyclic) bond motifs is 1. The number of halogens is 1. The van der Waals surface area contributed by atoms with Gasteiger partial charge in [0.05, 0.1) is 17.8 Å². The summed E-state index contributed by atoms with van der Waals surface area (Å²) in [6.45, 7) is 2.98. The quantitative estimate of drug-likeness (QED) is 0.583. The number of piperidine rings is 1. The maximum atomic E-state index is 6.12. The van der Waals surface area contributed by atoms with E-state index in [1.807, 2.05) is 16.8 Å². The minimum atomic E-state index is 0.644. The molecule has 0 radical (unpaired) electrons. The zero-order valence-corrected chi connectivity index (χ0v) is 17.1. The van der Waals surface area contributed by atoms with Crippen molar-refractivity contribution in [2.75, 3.05) is 26.0 Å². The van der Waals surface area contributed by atoms with Gasteiger partial charge in [-0.1, -0.05) is 15.9 Å². The first kappa shape index (κ1) is 17.9. The summed E-state index contributed by atoms with van der Waals surface area (Å²) >= 11 is 5.17. The SMILES string of the molecule is CSc1nn(-c2ccc(Br)cc2)c2cc(OCC3CCNCC3)ccc12. The molecule has 2 heterocycles. The summed E-state index contributed by atoms with van der Waals surface area (Å²) in [5.41, 5.74) is 2.13. The average Bonchev–Trinajstić information content (AvgIpc) is 3.06. The molecule has 4 nitrogen and oxygen atoms in total. The van der Waals surface area contributed by atoms with Crippen molar-refractivity contribution < 1.29 is 4.74 Å². The summed E-state index contributed by atoms with van der Waals surface area (Å²) in [4.78, 5) is 0. The average molecular weight is 432 g/mol. The first-order valence-electron chi connectivity index (χ1n) is 8.91. The molecular weight excluding hydrogens is 410 g/mol. The van der Waals surface area contributed by atoms with Crippen molar-refractivity contribution in [2.45, 2.75) is 17.9 Å². The molecule has 0 atom stereocenters. The van der Waals surface area contributed by atoms with E-state index in [2.05, 4.69) is 57.8 Å². The van der Waals surface area contributed by atoms with Crippen molar-refractivity contribution in [3.8, 4) is 11.4 Å². The topological polar surface area (TPSA) is 39.1 Å². The molecule has 1 aromatic heterocycles. The minimum absolute atomic E-state index is 0.644. The Balaban J connectivity index is 1.64. The molecule has 26 heavy (non-hydrogen) atoms. The third-order valence-electron chi connectivity index (χ3n) is 4.83. The summed E-state index contributed by atoms with van der Waals surface area (Å²) in [6, 6.07) is 14.5. The first-order valence-corrected chi connectivity index (χ1v) is 10.9. The fourth-order valence-corrected chi connectivity index (χ4v) is 4.17. The van der Waals surface area contributed by atoms with Crippen LogP contribution in [0.15, 0.2) is 52.0 Å². The molecule has 3 aromatic rings. The summed E-state index contributed by atoms with van der Waals surface area (Å²) in [6.07, 6.45) is 4.45. The third kappa shape index (κ3) is 3.77. The highest BCUT2D eigenvalue weighted by Gasteiger charge is 2.15. The molecule has 0 spiro atoms. The van der Waals surface area contributed by atoms with E-state index in [0.717, 1.165) is 51.5 Å². The van der Waals surface area contributed by atoms with Gasteiger partial charge in [0.1, 0.15) is 10.8 Å². The van der Waals surface area contributed by atoms with Gasteiger partial charge in [0.2, 0.25) is 0 Å². The van der Waals surface area contributed by atoms with Gasteiger partial charge in [-0.2, -0.15) is 5.10 Å². The van der Waals surface area contributed by atoms with E-state index in [1.54, 1.807) is 11.8 Å². The van der Waals surface area contributed by atoms with E-state index < -0.39 is 0 Å². The van der Waals surface area contributed by atoms with Crippen LogP contribution in [0, 0.1) is 5.92 Å². The molecule has 1 aliphatic heterocycles. The summed E-state index contributed by atoms with van der Waals surface area (Å²) in [7, 11) is 0. The molecule has 0 unspecified atom stereocenters. The number of ether oxygens (including phenoxy) is 1. The number of nitrogens with zero attached hydrogens (tertiary/aromatic N) is 2. The van der Waals surface area contributed by atoms with Crippen molar-refractivity contribution in [3.05, 3.63) is 46.9 Å². The van der Waals surface area contributed by atoms with Gasteiger partial charge in [0, 0.05) is 15.9 Å². The van der Waals surface area contributed by atoms with E-state index in [9.17, 15) is 0 Å². The van der Waals surface area contributed by atoms with E-state index in [-0.39, 0.29) is 0 Å². The number of hydrogen-bond acceptors (Lipinski definition) is 4. The molecule has 1 saturated heterocycles. The fraction of sp³-hybridized carbons (Fsp3) is 0.350. The minimum Gasteiger partial charge on any atom is -0.493 e. The fourth-order valence-electron chi connectivity index (χ4n) is 3.35. The highest BCUT2D eigenvalue weighted by atomic mass is 79.9. The lowest BCUT2D eigenvalue weighted by Gasteiger charge is -2.22. The second kappa shape index (κ2) is 8.03. The molecule has 136 valence electrons. The standard InChI is InChI=1S/C20H22BrN3OS/c1-26-20-18-7-6-17(25-13-14-8-10-22-11-9-14)12-19(18)24(23-20)16-4-2-15(21)3-5-16/h2-7,12,14,22H,8-11,13H2,1H3. The van der Waals surface area contributed by atoms with Crippen molar-refractivity contribution in [3.63, 3.8) is 0 Å². The zero-order valence-electron chi connectivity index (χ0n) is 14.7. The molecule has 4 rings (SSSR count). The van der Waals surface area contributed by atoms with E-state index in [1.165, 1.54) is 12.8 Å². The molecule has 0 amide bonds. The van der Waals surface area contributed by atoms with E-state index in [0.29, 0.717) is 5.92 Å². The van der Waals surface area contributed by atoms with Crippen LogP contribution in [0.25, 0.3) is 16.6 Å². The van der Waals surface area contributed by atoms with Gasteiger partial charge in [-0.15, -0.1) is 11.8 Å². The van der Waals surface area contributed by atoms with E-state index in [4.69, 9.17) is 9.84 Å². The molecular formula is C20H22BrN3OS. The first-order chi connectivity index (χ1) is 12.7. The van der Waals surface area contributed by atoms with Crippen LogP contribution in [0.1, 0.15) is 12.8 Å². The summed E-state index contributed by atoms with van der Waals surface area (Å²) in [5.74, 6) is 1.56.